The lowest BCUT2D eigenvalue weighted by atomic mass is 9.95. The number of methoxy groups -OCH3 is 1. The Bertz CT molecular complexity index is 800. The second kappa shape index (κ2) is 9.73. The first-order valence-electron chi connectivity index (χ1n) is 9.12. The van der Waals surface area contributed by atoms with E-state index in [0.717, 1.165) is 24.3 Å². The molecule has 1 unspecified atom stereocenters. The molecule has 1 fully saturated rings. The molecule has 0 amide bonds. The molecule has 0 spiro atoms. The topological polar surface area (TPSA) is 74.1 Å². The molecule has 0 saturated carbocycles. The maximum atomic E-state index is 11.0. The molecule has 1 aliphatic heterocycles. The van der Waals surface area contributed by atoms with Gasteiger partial charge in [-0.05, 0) is 48.9 Å². The molecule has 0 N–H and O–H groups in total. The number of non-ortho nitro benzene ring substituents is 1. The predicted molar refractivity (Wildman–Crippen MR) is 106 cm³/mol. The molecule has 28 heavy (non-hydrogen) atoms. The quantitative estimate of drug-likeness (QED) is 0.498. The largest absolute Gasteiger partial charge is 0.493 e. The van der Waals surface area contributed by atoms with Gasteiger partial charge in [0, 0.05) is 17.6 Å². The van der Waals surface area contributed by atoms with Crippen molar-refractivity contribution in [3.05, 3.63) is 63.2 Å². The normalized spacial score (nSPS) is 17.7. The van der Waals surface area contributed by atoms with Gasteiger partial charge in [0.15, 0.2) is 18.2 Å². The molecule has 2 aromatic rings. The highest BCUT2D eigenvalue weighted by Crippen LogP contribution is 2.31. The fourth-order valence-electron chi connectivity index (χ4n) is 3.24. The third kappa shape index (κ3) is 5.58. The molecular formula is C20H23ClN2O5. The molecule has 0 bridgehead atoms. The van der Waals surface area contributed by atoms with Crippen molar-refractivity contribution in [2.24, 2.45) is 5.92 Å². The maximum absolute atomic E-state index is 11.0. The number of nitrogens with zero attached hydrogens (tertiary/aromatic N) is 2. The zero-order valence-corrected chi connectivity index (χ0v) is 16.4. The van der Waals surface area contributed by atoms with Crippen LogP contribution in [0.5, 0.6) is 11.5 Å². The van der Waals surface area contributed by atoms with Crippen LogP contribution in [-0.4, -0.2) is 37.0 Å². The minimum atomic E-state index is -0.461. The van der Waals surface area contributed by atoms with Crippen molar-refractivity contribution in [1.82, 2.24) is 5.06 Å². The van der Waals surface area contributed by atoms with E-state index in [-0.39, 0.29) is 12.4 Å². The summed E-state index contributed by atoms with van der Waals surface area (Å²) < 4.78 is 11.0. The summed E-state index contributed by atoms with van der Waals surface area (Å²) in [6, 6.07) is 12.2. The first-order valence-corrected chi connectivity index (χ1v) is 9.50. The molecule has 1 heterocycles. The number of nitro groups is 1. The van der Waals surface area contributed by atoms with Gasteiger partial charge in [0.1, 0.15) is 0 Å². The highest BCUT2D eigenvalue weighted by molar-refractivity contribution is 6.30. The van der Waals surface area contributed by atoms with Gasteiger partial charge < -0.3 is 9.47 Å². The van der Waals surface area contributed by atoms with Crippen molar-refractivity contribution in [3.63, 3.8) is 0 Å². The van der Waals surface area contributed by atoms with Crippen LogP contribution < -0.4 is 9.47 Å². The van der Waals surface area contributed by atoms with Crippen LogP contribution in [0, 0.1) is 16.0 Å². The summed E-state index contributed by atoms with van der Waals surface area (Å²) in [5.74, 6) is 1.18. The summed E-state index contributed by atoms with van der Waals surface area (Å²) >= 11 is 5.96. The first-order chi connectivity index (χ1) is 13.5. The van der Waals surface area contributed by atoms with Crippen LogP contribution in [-0.2, 0) is 11.3 Å². The Kier molecular flexibility index (Phi) is 7.08. The summed E-state index contributed by atoms with van der Waals surface area (Å²) in [5.41, 5.74) is 1.19. The molecule has 0 radical (unpaired) electrons. The highest BCUT2D eigenvalue weighted by atomic mass is 35.5. The predicted octanol–water partition coefficient (Wildman–Crippen LogP) is 4.48. The highest BCUT2D eigenvalue weighted by Gasteiger charge is 2.21. The van der Waals surface area contributed by atoms with Gasteiger partial charge in [0.2, 0.25) is 0 Å². The lowest BCUT2D eigenvalue weighted by Gasteiger charge is -2.23. The number of hydroxylamine groups is 2. The Morgan fingerprint density at radius 1 is 1.25 bits per heavy atom. The zero-order chi connectivity index (χ0) is 19.9. The molecule has 2 aromatic carbocycles. The Balaban J connectivity index is 1.62. The van der Waals surface area contributed by atoms with Gasteiger partial charge in [-0.1, -0.05) is 23.7 Å². The average Bonchev–Trinajstić information content (AvgIpc) is 2.93. The number of ether oxygens (including phenoxy) is 2. The lowest BCUT2D eigenvalue weighted by Crippen LogP contribution is -2.32. The molecule has 1 aliphatic rings. The lowest BCUT2D eigenvalue weighted by molar-refractivity contribution is -0.385. The van der Waals surface area contributed by atoms with Crippen LogP contribution in [0.25, 0.3) is 0 Å². The van der Waals surface area contributed by atoms with Crippen molar-refractivity contribution in [2.75, 3.05) is 27.0 Å². The Morgan fingerprint density at radius 2 is 2.04 bits per heavy atom. The fourth-order valence-corrected chi connectivity index (χ4v) is 3.37. The summed E-state index contributed by atoms with van der Waals surface area (Å²) in [4.78, 5) is 16.3. The standard InChI is InChI=1S/C20H23ClN2O5/c1-26-19-9-8-18(23(24)25)12-20(19)27-14-22-13-16(3-2-10-28-22)11-15-4-6-17(21)7-5-15/h4-9,12,16H,2-3,10-11,13-14H2,1H3. The smallest absolute Gasteiger partial charge is 0.273 e. The van der Waals surface area contributed by atoms with Gasteiger partial charge >= 0.3 is 0 Å². The Labute approximate surface area is 168 Å². The SMILES string of the molecule is COc1ccc([N+](=O)[O-])cc1OCN1CC(Cc2ccc(Cl)cc2)CCCO1. The molecular weight excluding hydrogens is 384 g/mol. The molecule has 1 saturated heterocycles. The molecule has 7 nitrogen and oxygen atoms in total. The van der Waals surface area contributed by atoms with E-state index in [4.69, 9.17) is 25.9 Å². The number of hydrogen-bond donors (Lipinski definition) is 0. The molecule has 8 heteroatoms. The van der Waals surface area contributed by atoms with E-state index in [1.54, 1.807) is 5.06 Å². The van der Waals surface area contributed by atoms with E-state index in [0.29, 0.717) is 30.6 Å². The second-order valence-corrected chi connectivity index (χ2v) is 7.14. The van der Waals surface area contributed by atoms with Crippen molar-refractivity contribution >= 4 is 17.3 Å². The number of benzene rings is 2. The van der Waals surface area contributed by atoms with Gasteiger partial charge in [-0.3, -0.25) is 15.0 Å². The van der Waals surface area contributed by atoms with Crippen LogP contribution in [0.15, 0.2) is 42.5 Å². The van der Waals surface area contributed by atoms with Gasteiger partial charge in [0.05, 0.1) is 24.7 Å². The van der Waals surface area contributed by atoms with Crippen LogP contribution >= 0.6 is 11.6 Å². The fraction of sp³-hybridized carbons (Fsp3) is 0.400. The summed E-state index contributed by atoms with van der Waals surface area (Å²) in [6.45, 7) is 1.49. The maximum Gasteiger partial charge on any atom is 0.273 e. The number of nitro benzene ring substituents is 1. The third-order valence-corrected chi connectivity index (χ3v) is 4.90. The van der Waals surface area contributed by atoms with Gasteiger partial charge in [-0.15, -0.1) is 0 Å². The monoisotopic (exact) mass is 406 g/mol. The van der Waals surface area contributed by atoms with Gasteiger partial charge in [-0.2, -0.15) is 5.06 Å². The van der Waals surface area contributed by atoms with Gasteiger partial charge in [-0.25, -0.2) is 0 Å². The summed E-state index contributed by atoms with van der Waals surface area (Å²) in [6.07, 6.45) is 2.95. The first kappa shape index (κ1) is 20.4. The van der Waals surface area contributed by atoms with Crippen LogP contribution in [0.4, 0.5) is 5.69 Å². The van der Waals surface area contributed by atoms with Crippen LogP contribution in [0.3, 0.4) is 0 Å². The number of halogens is 1. The molecule has 3 rings (SSSR count). The Morgan fingerprint density at radius 3 is 2.75 bits per heavy atom. The molecule has 1 atom stereocenters. The average molecular weight is 407 g/mol. The van der Waals surface area contributed by atoms with Crippen molar-refractivity contribution in [3.8, 4) is 11.5 Å². The second-order valence-electron chi connectivity index (χ2n) is 6.70. The zero-order valence-electron chi connectivity index (χ0n) is 15.7. The van der Waals surface area contributed by atoms with Crippen molar-refractivity contribution in [2.45, 2.75) is 19.3 Å². The minimum Gasteiger partial charge on any atom is -0.493 e. The van der Waals surface area contributed by atoms with E-state index >= 15 is 0 Å². The summed E-state index contributed by atoms with van der Waals surface area (Å²) in [7, 11) is 1.50. The van der Waals surface area contributed by atoms with E-state index in [1.807, 2.05) is 24.3 Å². The molecule has 0 aromatic heterocycles. The molecule has 0 aliphatic carbocycles. The van der Waals surface area contributed by atoms with E-state index in [9.17, 15) is 10.1 Å². The van der Waals surface area contributed by atoms with Crippen LogP contribution in [0.2, 0.25) is 5.02 Å². The Hall–Kier alpha value is -2.35. The third-order valence-electron chi connectivity index (χ3n) is 4.65. The number of hydrogen-bond acceptors (Lipinski definition) is 6. The summed E-state index contributed by atoms with van der Waals surface area (Å²) in [5, 5.41) is 13.5. The van der Waals surface area contributed by atoms with Crippen LogP contribution in [0.1, 0.15) is 18.4 Å². The van der Waals surface area contributed by atoms with E-state index < -0.39 is 4.92 Å². The van der Waals surface area contributed by atoms with Crippen molar-refractivity contribution < 1.29 is 19.2 Å². The van der Waals surface area contributed by atoms with Gasteiger partial charge in [0.25, 0.3) is 5.69 Å². The minimum absolute atomic E-state index is 0.0480. The number of rotatable bonds is 7. The van der Waals surface area contributed by atoms with E-state index in [1.165, 1.54) is 30.9 Å². The van der Waals surface area contributed by atoms with E-state index in [2.05, 4.69) is 0 Å². The molecule has 150 valence electrons. The van der Waals surface area contributed by atoms with Crippen molar-refractivity contribution in [1.29, 1.82) is 0 Å².